The third kappa shape index (κ3) is 4.85. The second-order valence-corrected chi connectivity index (χ2v) is 8.10. The van der Waals surface area contributed by atoms with Gasteiger partial charge in [-0.2, -0.15) is 13.2 Å². The Morgan fingerprint density at radius 2 is 1.56 bits per heavy atom. The van der Waals surface area contributed by atoms with Crippen LogP contribution < -0.4 is 5.32 Å². The van der Waals surface area contributed by atoms with E-state index in [0.717, 1.165) is 27.2 Å². The Morgan fingerprint density at radius 1 is 1.03 bits per heavy atom. The first-order chi connectivity index (χ1) is 16.0. The highest BCUT2D eigenvalue weighted by molar-refractivity contribution is 5.91. The SMILES string of the molecule is CCN(CCC(=O)O)C(=O)C(C)(NC(=O)OCC1c2ccccc2-c2ccccc21)C(F)(F)F. The summed E-state index contributed by atoms with van der Waals surface area (Å²) >= 11 is 0. The predicted molar refractivity (Wildman–Crippen MR) is 117 cm³/mol. The highest BCUT2D eigenvalue weighted by Gasteiger charge is 2.59. The summed E-state index contributed by atoms with van der Waals surface area (Å²) in [4.78, 5) is 36.7. The van der Waals surface area contributed by atoms with Crippen molar-refractivity contribution in [3.05, 3.63) is 59.7 Å². The smallest absolute Gasteiger partial charge is 0.420 e. The maximum Gasteiger partial charge on any atom is 0.420 e. The fourth-order valence-corrected chi connectivity index (χ4v) is 4.03. The monoisotopic (exact) mass is 478 g/mol. The Bertz CT molecular complexity index is 1040. The van der Waals surface area contributed by atoms with Crippen LogP contribution in [0.3, 0.4) is 0 Å². The van der Waals surface area contributed by atoms with Crippen LogP contribution in [0.15, 0.2) is 48.5 Å². The highest BCUT2D eigenvalue weighted by Crippen LogP contribution is 2.44. The molecule has 182 valence electrons. The number of fused-ring (bicyclic) bond motifs is 3. The largest absolute Gasteiger partial charge is 0.481 e. The molecule has 0 heterocycles. The topological polar surface area (TPSA) is 95.9 Å². The van der Waals surface area contributed by atoms with Gasteiger partial charge in [0, 0.05) is 19.0 Å². The predicted octanol–water partition coefficient (Wildman–Crippen LogP) is 4.17. The molecule has 0 bridgehead atoms. The number of hydrogen-bond acceptors (Lipinski definition) is 4. The molecular formula is C24H25F3N2O5. The maximum atomic E-state index is 13.9. The molecule has 34 heavy (non-hydrogen) atoms. The first-order valence-electron chi connectivity index (χ1n) is 10.7. The molecule has 2 aromatic carbocycles. The van der Waals surface area contributed by atoms with Crippen molar-refractivity contribution in [2.75, 3.05) is 19.7 Å². The van der Waals surface area contributed by atoms with E-state index < -0.39 is 42.7 Å². The van der Waals surface area contributed by atoms with E-state index in [-0.39, 0.29) is 19.1 Å². The third-order valence-electron chi connectivity index (χ3n) is 5.95. The van der Waals surface area contributed by atoms with Gasteiger partial charge in [-0.3, -0.25) is 14.9 Å². The number of halogens is 3. The van der Waals surface area contributed by atoms with Crippen LogP contribution in [0.25, 0.3) is 11.1 Å². The summed E-state index contributed by atoms with van der Waals surface area (Å²) in [7, 11) is 0. The highest BCUT2D eigenvalue weighted by atomic mass is 19.4. The average Bonchev–Trinajstić information content (AvgIpc) is 3.10. The van der Waals surface area contributed by atoms with Crippen LogP contribution >= 0.6 is 0 Å². The molecule has 2 aromatic rings. The zero-order chi connectivity index (χ0) is 25.1. The van der Waals surface area contributed by atoms with Gasteiger partial charge in [-0.25, -0.2) is 4.79 Å². The van der Waals surface area contributed by atoms with Crippen molar-refractivity contribution in [1.82, 2.24) is 10.2 Å². The molecule has 0 aromatic heterocycles. The van der Waals surface area contributed by atoms with Crippen molar-refractivity contribution in [3.63, 3.8) is 0 Å². The summed E-state index contributed by atoms with van der Waals surface area (Å²) in [6, 6.07) is 15.0. The van der Waals surface area contributed by atoms with Crippen molar-refractivity contribution >= 4 is 18.0 Å². The van der Waals surface area contributed by atoms with Crippen LogP contribution in [0.1, 0.15) is 37.3 Å². The van der Waals surface area contributed by atoms with Gasteiger partial charge < -0.3 is 14.7 Å². The van der Waals surface area contributed by atoms with Gasteiger partial charge in [0.15, 0.2) is 0 Å². The van der Waals surface area contributed by atoms with Crippen molar-refractivity contribution in [1.29, 1.82) is 0 Å². The van der Waals surface area contributed by atoms with Crippen molar-refractivity contribution in [2.24, 2.45) is 0 Å². The fraction of sp³-hybridized carbons (Fsp3) is 0.375. The Morgan fingerprint density at radius 3 is 2.03 bits per heavy atom. The van der Waals surface area contributed by atoms with E-state index >= 15 is 0 Å². The molecule has 10 heteroatoms. The van der Waals surface area contributed by atoms with Gasteiger partial charge in [-0.15, -0.1) is 0 Å². The van der Waals surface area contributed by atoms with Gasteiger partial charge in [0.05, 0.1) is 6.42 Å². The van der Waals surface area contributed by atoms with E-state index in [9.17, 15) is 27.6 Å². The fourth-order valence-electron chi connectivity index (χ4n) is 4.03. The number of carboxylic acids is 1. The molecule has 0 radical (unpaired) electrons. The van der Waals surface area contributed by atoms with Gasteiger partial charge >= 0.3 is 18.2 Å². The number of carboxylic acid groups (broad SMARTS) is 1. The number of likely N-dealkylation sites (N-methyl/N-ethyl adjacent to an activating group) is 1. The van der Waals surface area contributed by atoms with Crippen LogP contribution in [-0.2, 0) is 14.3 Å². The number of carbonyl (C=O) groups excluding carboxylic acids is 2. The van der Waals surface area contributed by atoms with Gasteiger partial charge in [-0.1, -0.05) is 48.5 Å². The molecule has 1 atom stereocenters. The van der Waals surface area contributed by atoms with Crippen molar-refractivity contribution in [3.8, 4) is 11.1 Å². The molecule has 7 nitrogen and oxygen atoms in total. The van der Waals surface area contributed by atoms with E-state index in [1.165, 1.54) is 6.92 Å². The summed E-state index contributed by atoms with van der Waals surface area (Å²) in [5, 5.41) is 10.5. The number of hydrogen-bond donors (Lipinski definition) is 2. The Hall–Kier alpha value is -3.56. The molecule has 0 fully saturated rings. The minimum Gasteiger partial charge on any atom is -0.481 e. The Balaban J connectivity index is 1.76. The number of nitrogens with one attached hydrogen (secondary N) is 1. The maximum absolute atomic E-state index is 13.9. The van der Waals surface area contributed by atoms with Crippen LogP contribution in [0, 0.1) is 0 Å². The van der Waals surface area contributed by atoms with Crippen molar-refractivity contribution in [2.45, 2.75) is 37.9 Å². The first kappa shape index (κ1) is 25.1. The lowest BCUT2D eigenvalue weighted by Gasteiger charge is -2.35. The van der Waals surface area contributed by atoms with Gasteiger partial charge in [-0.05, 0) is 36.1 Å². The van der Waals surface area contributed by atoms with E-state index in [1.807, 2.05) is 48.5 Å². The molecule has 1 aliphatic rings. The molecule has 2 N–H and O–H groups in total. The molecule has 0 aliphatic heterocycles. The molecule has 0 spiro atoms. The number of alkyl halides is 3. The summed E-state index contributed by atoms with van der Waals surface area (Å²) in [5.74, 6) is -3.09. The second-order valence-electron chi connectivity index (χ2n) is 8.10. The molecule has 1 unspecified atom stereocenters. The lowest BCUT2D eigenvalue weighted by Crippen LogP contribution is -2.66. The van der Waals surface area contributed by atoms with E-state index in [1.54, 1.807) is 5.32 Å². The molecule has 1 aliphatic carbocycles. The number of rotatable bonds is 8. The minimum absolute atomic E-state index is 0.163. The number of nitrogens with zero attached hydrogens (tertiary/aromatic N) is 1. The number of aliphatic carboxylic acids is 1. The summed E-state index contributed by atoms with van der Waals surface area (Å²) < 4.78 is 46.9. The van der Waals surface area contributed by atoms with Crippen LogP contribution in [0.4, 0.5) is 18.0 Å². The van der Waals surface area contributed by atoms with Gasteiger partial charge in [0.25, 0.3) is 5.91 Å². The zero-order valence-electron chi connectivity index (χ0n) is 18.7. The number of amides is 2. The molecular weight excluding hydrogens is 453 g/mol. The number of alkyl carbamates (subject to hydrolysis) is 1. The number of carbonyl (C=O) groups is 3. The first-order valence-corrected chi connectivity index (χ1v) is 10.7. The third-order valence-corrected chi connectivity index (χ3v) is 5.95. The van der Waals surface area contributed by atoms with Gasteiger partial charge in [0.2, 0.25) is 5.54 Å². The quantitative estimate of drug-likeness (QED) is 0.594. The normalized spacial score (nSPS) is 14.5. The molecule has 2 amide bonds. The lowest BCUT2D eigenvalue weighted by molar-refractivity contribution is -0.200. The van der Waals surface area contributed by atoms with Crippen LogP contribution in [0.5, 0.6) is 0 Å². The summed E-state index contributed by atoms with van der Waals surface area (Å²) in [6.45, 7) is 1.15. The van der Waals surface area contributed by atoms with E-state index in [2.05, 4.69) is 0 Å². The van der Waals surface area contributed by atoms with E-state index in [4.69, 9.17) is 9.84 Å². The molecule has 0 saturated carbocycles. The summed E-state index contributed by atoms with van der Waals surface area (Å²) in [6.07, 6.45) is -7.07. The molecule has 3 rings (SSSR count). The second kappa shape index (κ2) is 9.74. The van der Waals surface area contributed by atoms with Gasteiger partial charge in [0.1, 0.15) is 6.61 Å². The number of ether oxygens (including phenoxy) is 1. The Labute approximate surface area is 194 Å². The lowest BCUT2D eigenvalue weighted by atomic mass is 9.98. The van der Waals surface area contributed by atoms with Crippen LogP contribution in [-0.4, -0.2) is 59.4 Å². The molecule has 0 saturated heterocycles. The minimum atomic E-state index is -5.15. The standard InChI is InChI=1S/C24H25F3N2O5/c1-3-29(13-12-20(30)31)21(32)23(2,24(25,26)27)28-22(33)34-14-19-17-10-6-4-8-15(17)16-9-5-7-11-18(16)19/h4-11,19H,3,12-14H2,1-2H3,(H,28,33)(H,30,31). The number of benzene rings is 2. The van der Waals surface area contributed by atoms with Crippen molar-refractivity contribution < 1.29 is 37.4 Å². The Kier molecular flexibility index (Phi) is 7.18. The van der Waals surface area contributed by atoms with Crippen LogP contribution in [0.2, 0.25) is 0 Å². The van der Waals surface area contributed by atoms with E-state index in [0.29, 0.717) is 6.92 Å². The average molecular weight is 478 g/mol. The zero-order valence-corrected chi connectivity index (χ0v) is 18.7. The summed E-state index contributed by atoms with van der Waals surface area (Å²) in [5.41, 5.74) is 0.400.